The lowest BCUT2D eigenvalue weighted by atomic mass is 10.4. The highest BCUT2D eigenvalue weighted by Crippen LogP contribution is 2.20. The monoisotopic (exact) mass is 265 g/mol. The molecule has 0 saturated heterocycles. The Morgan fingerprint density at radius 1 is 1.53 bits per heavy atom. The van der Waals surface area contributed by atoms with Crippen molar-refractivity contribution in [1.29, 1.82) is 0 Å². The summed E-state index contributed by atoms with van der Waals surface area (Å²) in [5, 5.41) is 1.64. The summed E-state index contributed by atoms with van der Waals surface area (Å²) < 4.78 is 35.6. The third-order valence-corrected chi connectivity index (χ3v) is 2.69. The average Bonchev–Trinajstić information content (AvgIpc) is 2.26. The minimum atomic E-state index is -4.40. The molecule has 17 heavy (non-hydrogen) atoms. The summed E-state index contributed by atoms with van der Waals surface area (Å²) in [6.07, 6.45) is -0.0358. The maximum Gasteiger partial charge on any atom is 0.405 e. The van der Waals surface area contributed by atoms with Crippen molar-refractivity contribution in [3.63, 3.8) is 0 Å². The van der Waals surface area contributed by atoms with Gasteiger partial charge in [0.1, 0.15) is 11.6 Å². The van der Waals surface area contributed by atoms with Crippen molar-refractivity contribution in [2.75, 3.05) is 6.54 Å². The second-order valence-corrected chi connectivity index (χ2v) is 4.50. The average molecular weight is 265 g/mol. The number of hydrogen-bond acceptors (Lipinski definition) is 4. The van der Waals surface area contributed by atoms with Crippen molar-refractivity contribution >= 4 is 17.7 Å². The van der Waals surface area contributed by atoms with Gasteiger partial charge in [-0.3, -0.25) is 9.78 Å². The van der Waals surface area contributed by atoms with Crippen molar-refractivity contribution in [2.45, 2.75) is 23.4 Å². The lowest BCUT2D eigenvalue weighted by Gasteiger charge is -2.12. The molecule has 1 aromatic rings. The molecule has 0 aromatic carbocycles. The third-order valence-electron chi connectivity index (χ3n) is 1.67. The van der Waals surface area contributed by atoms with Gasteiger partial charge in [-0.25, -0.2) is 4.98 Å². The van der Waals surface area contributed by atoms with E-state index in [1.807, 2.05) is 5.32 Å². The van der Waals surface area contributed by atoms with E-state index in [-0.39, 0.29) is 0 Å². The molecule has 1 aromatic heterocycles. The standard InChI is InChI=1S/C9H10F3N3OS/c1-6(8(16)15-5-9(10,11)12)17-7-4-13-2-3-14-7/h2-4,6H,5H2,1H3,(H,15,16)/t6-/m0/s1. The highest BCUT2D eigenvalue weighted by atomic mass is 32.2. The molecule has 1 atom stereocenters. The Morgan fingerprint density at radius 2 is 2.24 bits per heavy atom. The molecule has 0 fully saturated rings. The molecule has 0 radical (unpaired) electrons. The smallest absolute Gasteiger partial charge is 0.346 e. The SMILES string of the molecule is C[C@H](Sc1cnccn1)C(=O)NCC(F)(F)F. The Bertz CT molecular complexity index is 371. The Labute approximate surface area is 100 Å². The lowest BCUT2D eigenvalue weighted by molar-refractivity contribution is -0.137. The highest BCUT2D eigenvalue weighted by Gasteiger charge is 2.28. The van der Waals surface area contributed by atoms with Crippen LogP contribution in [0.15, 0.2) is 23.6 Å². The zero-order valence-electron chi connectivity index (χ0n) is 8.86. The van der Waals surface area contributed by atoms with Gasteiger partial charge in [0, 0.05) is 12.4 Å². The highest BCUT2D eigenvalue weighted by molar-refractivity contribution is 8.00. The number of nitrogens with zero attached hydrogens (tertiary/aromatic N) is 2. The van der Waals surface area contributed by atoms with Crippen LogP contribution in [0.4, 0.5) is 13.2 Å². The number of alkyl halides is 3. The van der Waals surface area contributed by atoms with E-state index in [1.54, 1.807) is 0 Å². The Hall–Kier alpha value is -1.31. The first-order valence-corrected chi connectivity index (χ1v) is 5.53. The van der Waals surface area contributed by atoms with Gasteiger partial charge in [0.15, 0.2) is 0 Å². The molecule has 1 amide bonds. The van der Waals surface area contributed by atoms with E-state index in [0.717, 1.165) is 11.8 Å². The Morgan fingerprint density at radius 3 is 2.76 bits per heavy atom. The molecule has 0 unspecified atom stereocenters. The number of thioether (sulfide) groups is 1. The van der Waals surface area contributed by atoms with Crippen LogP contribution in [0.25, 0.3) is 0 Å². The van der Waals surface area contributed by atoms with Gasteiger partial charge >= 0.3 is 6.18 Å². The van der Waals surface area contributed by atoms with E-state index in [0.29, 0.717) is 5.03 Å². The van der Waals surface area contributed by atoms with Crippen LogP contribution in [-0.2, 0) is 4.79 Å². The van der Waals surface area contributed by atoms with Gasteiger partial charge in [0.25, 0.3) is 0 Å². The van der Waals surface area contributed by atoms with E-state index in [2.05, 4.69) is 9.97 Å². The van der Waals surface area contributed by atoms with Gasteiger partial charge in [0.05, 0.1) is 11.4 Å². The number of rotatable bonds is 4. The third kappa shape index (κ3) is 5.53. The summed E-state index contributed by atoms with van der Waals surface area (Å²) in [4.78, 5) is 19.0. The van der Waals surface area contributed by atoms with Crippen molar-refractivity contribution in [3.8, 4) is 0 Å². The van der Waals surface area contributed by atoms with Crippen LogP contribution in [0.2, 0.25) is 0 Å². The zero-order chi connectivity index (χ0) is 12.9. The molecule has 94 valence electrons. The van der Waals surface area contributed by atoms with E-state index >= 15 is 0 Å². The number of aromatic nitrogens is 2. The minimum Gasteiger partial charge on any atom is -0.346 e. The molecule has 8 heteroatoms. The van der Waals surface area contributed by atoms with Gasteiger partial charge in [-0.1, -0.05) is 11.8 Å². The molecule has 4 nitrogen and oxygen atoms in total. The number of carbonyl (C=O) groups excluding carboxylic acids is 1. The van der Waals surface area contributed by atoms with Gasteiger partial charge in [-0.2, -0.15) is 13.2 Å². The van der Waals surface area contributed by atoms with Crippen molar-refractivity contribution in [1.82, 2.24) is 15.3 Å². The normalized spacial score (nSPS) is 13.2. The molecule has 1 rings (SSSR count). The predicted octanol–water partition coefficient (Wildman–Crippen LogP) is 1.64. The molecule has 0 bridgehead atoms. The lowest BCUT2D eigenvalue weighted by Crippen LogP contribution is -2.37. The molecular weight excluding hydrogens is 255 g/mol. The Balaban J connectivity index is 2.43. The van der Waals surface area contributed by atoms with E-state index in [4.69, 9.17) is 0 Å². The number of halogens is 3. The van der Waals surface area contributed by atoms with Crippen molar-refractivity contribution < 1.29 is 18.0 Å². The quantitative estimate of drug-likeness (QED) is 0.841. The van der Waals surface area contributed by atoms with Crippen molar-refractivity contribution in [3.05, 3.63) is 18.6 Å². The second kappa shape index (κ2) is 5.85. The topological polar surface area (TPSA) is 54.9 Å². The second-order valence-electron chi connectivity index (χ2n) is 3.14. The molecule has 0 saturated carbocycles. The van der Waals surface area contributed by atoms with Gasteiger partial charge in [-0.15, -0.1) is 0 Å². The summed E-state index contributed by atoms with van der Waals surface area (Å²) in [7, 11) is 0. The summed E-state index contributed by atoms with van der Waals surface area (Å²) >= 11 is 1.05. The fourth-order valence-corrected chi connectivity index (χ4v) is 1.71. The van der Waals surface area contributed by atoms with Crippen molar-refractivity contribution in [2.24, 2.45) is 0 Å². The number of amides is 1. The molecule has 0 aliphatic rings. The zero-order valence-corrected chi connectivity index (χ0v) is 9.68. The minimum absolute atomic E-state index is 0.488. The number of hydrogen-bond donors (Lipinski definition) is 1. The van der Waals surface area contributed by atoms with E-state index < -0.39 is 23.9 Å². The number of nitrogens with one attached hydrogen (secondary N) is 1. The molecular formula is C9H10F3N3OS. The number of carbonyl (C=O) groups is 1. The van der Waals surface area contributed by atoms with Crippen LogP contribution in [0, 0.1) is 0 Å². The fraction of sp³-hybridized carbons (Fsp3) is 0.444. The molecule has 0 spiro atoms. The van der Waals surface area contributed by atoms with Crippen LogP contribution in [-0.4, -0.2) is 33.8 Å². The molecule has 0 aliphatic heterocycles. The van der Waals surface area contributed by atoms with Crippen LogP contribution in [0.5, 0.6) is 0 Å². The maximum atomic E-state index is 11.9. The van der Waals surface area contributed by atoms with Gasteiger partial charge in [-0.05, 0) is 6.92 Å². The fourth-order valence-electron chi connectivity index (χ4n) is 0.912. The maximum absolute atomic E-state index is 11.9. The van der Waals surface area contributed by atoms with Gasteiger partial charge in [0.2, 0.25) is 5.91 Å². The molecule has 1 heterocycles. The molecule has 0 aliphatic carbocycles. The van der Waals surface area contributed by atoms with E-state index in [1.165, 1.54) is 25.5 Å². The van der Waals surface area contributed by atoms with Gasteiger partial charge < -0.3 is 5.32 Å². The predicted molar refractivity (Wildman–Crippen MR) is 56.4 cm³/mol. The first-order chi connectivity index (χ1) is 7.88. The van der Waals surface area contributed by atoms with Crippen LogP contribution >= 0.6 is 11.8 Å². The summed E-state index contributed by atoms with van der Waals surface area (Å²) in [6, 6.07) is 0. The Kier molecular flexibility index (Phi) is 4.73. The summed E-state index contributed by atoms with van der Waals surface area (Å²) in [5.41, 5.74) is 0. The van der Waals surface area contributed by atoms with Crippen LogP contribution < -0.4 is 5.32 Å². The van der Waals surface area contributed by atoms with Crippen LogP contribution in [0.1, 0.15) is 6.92 Å². The summed E-state index contributed by atoms with van der Waals surface area (Å²) in [5.74, 6) is -0.682. The molecule has 1 N–H and O–H groups in total. The van der Waals surface area contributed by atoms with E-state index in [9.17, 15) is 18.0 Å². The summed E-state index contributed by atoms with van der Waals surface area (Å²) in [6.45, 7) is 0.183. The van der Waals surface area contributed by atoms with Crippen LogP contribution in [0.3, 0.4) is 0 Å². The first-order valence-electron chi connectivity index (χ1n) is 4.65. The first kappa shape index (κ1) is 13.8. The largest absolute Gasteiger partial charge is 0.405 e.